The predicted molar refractivity (Wildman–Crippen MR) is 82.5 cm³/mol. The van der Waals surface area contributed by atoms with Gasteiger partial charge in [-0.05, 0) is 42.6 Å². The summed E-state index contributed by atoms with van der Waals surface area (Å²) in [5, 5.41) is 6.59. The van der Waals surface area contributed by atoms with Crippen molar-refractivity contribution in [1.82, 2.24) is 9.78 Å². The van der Waals surface area contributed by atoms with Crippen molar-refractivity contribution in [3.63, 3.8) is 0 Å². The minimum atomic E-state index is 0.623. The molecule has 2 N–H and O–H groups in total. The van der Waals surface area contributed by atoms with Crippen LogP contribution in [0.3, 0.4) is 0 Å². The number of thiophene rings is 1. The number of benzene rings is 1. The monoisotopic (exact) mass is 285 g/mol. The Morgan fingerprint density at radius 3 is 2.70 bits per heavy atom. The van der Waals surface area contributed by atoms with Gasteiger partial charge in [0, 0.05) is 6.07 Å². The minimum absolute atomic E-state index is 0.623. The lowest BCUT2D eigenvalue weighted by atomic mass is 10.3. The molecule has 0 bridgehead atoms. The van der Waals surface area contributed by atoms with Crippen molar-refractivity contribution in [3.05, 3.63) is 47.8 Å². The van der Waals surface area contributed by atoms with Crippen molar-refractivity contribution in [2.24, 2.45) is 0 Å². The fraction of sp³-hybridized carbons (Fsp3) is 0.133. The third-order valence-electron chi connectivity index (χ3n) is 2.90. The minimum Gasteiger partial charge on any atom is -0.494 e. The van der Waals surface area contributed by atoms with Gasteiger partial charge in [-0.3, -0.25) is 0 Å². The summed E-state index contributed by atoms with van der Waals surface area (Å²) in [4.78, 5) is 1.11. The fourth-order valence-electron chi connectivity index (χ4n) is 2.00. The number of nitrogen functional groups attached to an aromatic ring is 1. The van der Waals surface area contributed by atoms with E-state index in [-0.39, 0.29) is 0 Å². The lowest BCUT2D eigenvalue weighted by Crippen LogP contribution is -2.01. The highest BCUT2D eigenvalue weighted by Crippen LogP contribution is 2.27. The predicted octanol–water partition coefficient (Wildman–Crippen LogP) is 3.58. The van der Waals surface area contributed by atoms with E-state index in [1.165, 1.54) is 0 Å². The topological polar surface area (TPSA) is 53.1 Å². The van der Waals surface area contributed by atoms with Crippen LogP contribution in [0, 0.1) is 0 Å². The summed E-state index contributed by atoms with van der Waals surface area (Å²) in [6.07, 6.45) is 0. The van der Waals surface area contributed by atoms with Crippen LogP contribution < -0.4 is 10.5 Å². The highest BCUT2D eigenvalue weighted by Gasteiger charge is 2.09. The van der Waals surface area contributed by atoms with Crippen LogP contribution >= 0.6 is 11.3 Å². The summed E-state index contributed by atoms with van der Waals surface area (Å²) >= 11 is 1.65. The van der Waals surface area contributed by atoms with E-state index in [2.05, 4.69) is 5.10 Å². The zero-order valence-corrected chi connectivity index (χ0v) is 11.9. The van der Waals surface area contributed by atoms with Crippen molar-refractivity contribution in [1.29, 1.82) is 0 Å². The quantitative estimate of drug-likeness (QED) is 0.797. The Morgan fingerprint density at radius 1 is 1.25 bits per heavy atom. The highest BCUT2D eigenvalue weighted by atomic mass is 32.1. The molecular weight excluding hydrogens is 270 g/mol. The summed E-state index contributed by atoms with van der Waals surface area (Å²) in [6.45, 7) is 2.62. The molecule has 3 aromatic rings. The van der Waals surface area contributed by atoms with Crippen molar-refractivity contribution < 1.29 is 4.74 Å². The molecule has 2 aromatic heterocycles. The Balaban J connectivity index is 1.94. The first kappa shape index (κ1) is 12.7. The number of nitrogens with two attached hydrogens (primary N) is 1. The lowest BCUT2D eigenvalue weighted by molar-refractivity contribution is 0.340. The summed E-state index contributed by atoms with van der Waals surface area (Å²) in [7, 11) is 0. The lowest BCUT2D eigenvalue weighted by Gasteiger charge is -2.06. The van der Waals surface area contributed by atoms with E-state index in [0.29, 0.717) is 12.4 Å². The molecule has 0 aliphatic rings. The Hall–Kier alpha value is -2.27. The molecule has 2 heterocycles. The summed E-state index contributed by atoms with van der Waals surface area (Å²) in [6, 6.07) is 13.7. The SMILES string of the molecule is CCOc1ccc(-n2nc(-c3cccs3)cc2N)cc1. The van der Waals surface area contributed by atoms with Crippen LogP contribution in [0.25, 0.3) is 16.3 Å². The highest BCUT2D eigenvalue weighted by molar-refractivity contribution is 7.13. The van der Waals surface area contributed by atoms with Crippen molar-refractivity contribution in [3.8, 4) is 22.0 Å². The molecule has 0 aliphatic heterocycles. The third kappa shape index (κ3) is 2.40. The molecular formula is C15H15N3OS. The van der Waals surface area contributed by atoms with E-state index in [9.17, 15) is 0 Å². The van der Waals surface area contributed by atoms with E-state index in [1.807, 2.05) is 54.8 Å². The number of aromatic nitrogens is 2. The van der Waals surface area contributed by atoms with Gasteiger partial charge < -0.3 is 10.5 Å². The molecule has 0 amide bonds. The molecule has 3 rings (SSSR count). The molecule has 0 aliphatic carbocycles. The summed E-state index contributed by atoms with van der Waals surface area (Å²) < 4.78 is 7.17. The first-order valence-electron chi connectivity index (χ1n) is 6.40. The van der Waals surface area contributed by atoms with Crippen LogP contribution in [0.2, 0.25) is 0 Å². The second kappa shape index (κ2) is 5.38. The number of nitrogens with zero attached hydrogens (tertiary/aromatic N) is 2. The van der Waals surface area contributed by atoms with Crippen molar-refractivity contribution >= 4 is 17.2 Å². The molecule has 0 saturated carbocycles. The second-order valence-electron chi connectivity index (χ2n) is 4.27. The Bertz CT molecular complexity index is 686. The van der Waals surface area contributed by atoms with Gasteiger partial charge in [-0.25, -0.2) is 4.68 Å². The molecule has 0 radical (unpaired) electrons. The van der Waals surface area contributed by atoms with Crippen molar-refractivity contribution in [2.75, 3.05) is 12.3 Å². The first-order valence-corrected chi connectivity index (χ1v) is 7.28. The molecule has 0 spiro atoms. The normalized spacial score (nSPS) is 10.7. The molecule has 0 saturated heterocycles. The van der Waals surface area contributed by atoms with Crippen LogP contribution in [0.15, 0.2) is 47.8 Å². The van der Waals surface area contributed by atoms with Gasteiger partial charge in [-0.2, -0.15) is 5.10 Å². The van der Waals surface area contributed by atoms with E-state index < -0.39 is 0 Å². The van der Waals surface area contributed by atoms with Crippen LogP contribution in [0.4, 0.5) is 5.82 Å². The molecule has 4 nitrogen and oxygen atoms in total. The summed E-state index contributed by atoms with van der Waals surface area (Å²) in [5.74, 6) is 1.47. The Morgan fingerprint density at radius 2 is 2.05 bits per heavy atom. The smallest absolute Gasteiger partial charge is 0.127 e. The van der Waals surface area contributed by atoms with E-state index in [4.69, 9.17) is 10.5 Å². The average Bonchev–Trinajstić information content (AvgIpc) is 3.09. The average molecular weight is 285 g/mol. The molecule has 20 heavy (non-hydrogen) atoms. The second-order valence-corrected chi connectivity index (χ2v) is 5.22. The van der Waals surface area contributed by atoms with Gasteiger partial charge in [0.15, 0.2) is 0 Å². The Labute approximate surface area is 121 Å². The zero-order chi connectivity index (χ0) is 13.9. The van der Waals surface area contributed by atoms with Gasteiger partial charge in [-0.1, -0.05) is 6.07 Å². The molecule has 5 heteroatoms. The molecule has 0 atom stereocenters. The van der Waals surface area contributed by atoms with Gasteiger partial charge >= 0.3 is 0 Å². The third-order valence-corrected chi connectivity index (χ3v) is 3.80. The fourth-order valence-corrected chi connectivity index (χ4v) is 2.68. The maximum absolute atomic E-state index is 6.05. The standard InChI is InChI=1S/C15H15N3OS/c1-2-19-12-7-5-11(6-8-12)18-15(16)10-13(17-18)14-4-3-9-20-14/h3-10H,2,16H2,1H3. The van der Waals surface area contributed by atoms with E-state index >= 15 is 0 Å². The van der Waals surface area contributed by atoms with Gasteiger partial charge in [-0.15, -0.1) is 11.3 Å². The number of hydrogen-bond acceptors (Lipinski definition) is 4. The van der Waals surface area contributed by atoms with Gasteiger partial charge in [0.25, 0.3) is 0 Å². The molecule has 102 valence electrons. The zero-order valence-electron chi connectivity index (χ0n) is 11.1. The maximum Gasteiger partial charge on any atom is 0.127 e. The van der Waals surface area contributed by atoms with Crippen LogP contribution in [-0.2, 0) is 0 Å². The first-order chi connectivity index (χ1) is 9.78. The number of rotatable bonds is 4. The van der Waals surface area contributed by atoms with Crippen LogP contribution in [0.5, 0.6) is 5.75 Å². The number of anilines is 1. The largest absolute Gasteiger partial charge is 0.494 e. The molecule has 0 fully saturated rings. The number of hydrogen-bond donors (Lipinski definition) is 1. The Kier molecular flexibility index (Phi) is 3.43. The maximum atomic E-state index is 6.05. The van der Waals surface area contributed by atoms with Crippen molar-refractivity contribution in [2.45, 2.75) is 6.92 Å². The van der Waals surface area contributed by atoms with Crippen LogP contribution in [-0.4, -0.2) is 16.4 Å². The molecule has 0 unspecified atom stereocenters. The van der Waals surface area contributed by atoms with Crippen LogP contribution in [0.1, 0.15) is 6.92 Å². The van der Waals surface area contributed by atoms with Gasteiger partial charge in [0.1, 0.15) is 17.3 Å². The van der Waals surface area contributed by atoms with Gasteiger partial charge in [0.05, 0.1) is 17.2 Å². The summed E-state index contributed by atoms with van der Waals surface area (Å²) in [5.41, 5.74) is 7.87. The van der Waals surface area contributed by atoms with E-state index in [0.717, 1.165) is 22.0 Å². The molecule has 1 aromatic carbocycles. The number of ether oxygens (including phenoxy) is 1. The van der Waals surface area contributed by atoms with E-state index in [1.54, 1.807) is 16.0 Å². The van der Waals surface area contributed by atoms with Gasteiger partial charge in [0.2, 0.25) is 0 Å².